The largest absolute Gasteiger partial charge is 0.434 e. The average Bonchev–Trinajstić information content (AvgIpc) is 2.83. The lowest BCUT2D eigenvalue weighted by Gasteiger charge is -2.28. The Bertz CT molecular complexity index is 790. The van der Waals surface area contributed by atoms with Crippen molar-refractivity contribution in [2.24, 2.45) is 0 Å². The van der Waals surface area contributed by atoms with Gasteiger partial charge in [0.25, 0.3) is 0 Å². The maximum absolute atomic E-state index is 12.0. The van der Waals surface area contributed by atoms with Crippen molar-refractivity contribution in [3.05, 3.63) is 51.8 Å². The number of nitrogens with zero attached hydrogens (tertiary/aromatic N) is 1. The Morgan fingerprint density at radius 2 is 2.10 bits per heavy atom. The zero-order chi connectivity index (χ0) is 14.3. The van der Waals surface area contributed by atoms with Gasteiger partial charge < -0.3 is 4.42 Å². The van der Waals surface area contributed by atoms with E-state index in [1.165, 1.54) is 6.26 Å². The number of hydrogen-bond donors (Lipinski definition) is 1. The van der Waals surface area contributed by atoms with Gasteiger partial charge in [-0.15, -0.1) is 5.10 Å². The number of rotatable bonds is 2. The summed E-state index contributed by atoms with van der Waals surface area (Å²) in [5.41, 5.74) is 1.80. The Kier molecular flexibility index (Phi) is 3.01. The van der Waals surface area contributed by atoms with Crippen LogP contribution in [-0.4, -0.2) is 24.9 Å². The van der Waals surface area contributed by atoms with Crippen LogP contribution in [0.4, 0.5) is 0 Å². The smallest absolute Gasteiger partial charge is 0.392 e. The summed E-state index contributed by atoms with van der Waals surface area (Å²) >= 11 is 0. The van der Waals surface area contributed by atoms with Crippen molar-refractivity contribution in [3.63, 3.8) is 0 Å². The summed E-state index contributed by atoms with van der Waals surface area (Å²) in [5, 5.41) is 5.47. The predicted octanol–water partition coefficient (Wildman–Crippen LogP) is 1.18. The van der Waals surface area contributed by atoms with Crippen LogP contribution in [0.15, 0.2) is 33.5 Å². The van der Waals surface area contributed by atoms with Crippen LogP contribution in [-0.2, 0) is 16.3 Å². The average molecular weight is 294 g/mol. The number of H-pyrrole nitrogens is 1. The van der Waals surface area contributed by atoms with Gasteiger partial charge in [0.2, 0.25) is 5.89 Å². The molecule has 0 aliphatic heterocycles. The van der Waals surface area contributed by atoms with Gasteiger partial charge in [-0.1, -0.05) is 24.3 Å². The topological polar surface area (TPSA) is 93.0 Å². The second-order valence-corrected chi connectivity index (χ2v) is 7.33. The van der Waals surface area contributed by atoms with E-state index in [0.717, 1.165) is 11.1 Å². The summed E-state index contributed by atoms with van der Waals surface area (Å²) in [6.07, 6.45) is 2.23. The van der Waals surface area contributed by atoms with Crippen molar-refractivity contribution >= 4 is 9.84 Å². The zero-order valence-electron chi connectivity index (χ0n) is 10.9. The maximum Gasteiger partial charge on any atom is 0.434 e. The molecule has 3 rings (SSSR count). The number of aromatic amines is 1. The van der Waals surface area contributed by atoms with E-state index < -0.39 is 20.8 Å². The lowest BCUT2D eigenvalue weighted by molar-refractivity contribution is 0.395. The van der Waals surface area contributed by atoms with Crippen molar-refractivity contribution in [3.8, 4) is 0 Å². The Labute approximate surface area is 115 Å². The molecule has 1 N–H and O–H groups in total. The summed E-state index contributed by atoms with van der Waals surface area (Å²) in [5.74, 6) is -0.545. The first kappa shape index (κ1) is 13.1. The lowest BCUT2D eigenvalue weighted by atomic mass is 9.83. The third-order valence-electron chi connectivity index (χ3n) is 3.69. The van der Waals surface area contributed by atoms with Crippen molar-refractivity contribution in [1.82, 2.24) is 10.2 Å². The van der Waals surface area contributed by atoms with E-state index in [-0.39, 0.29) is 11.8 Å². The Balaban J connectivity index is 2.07. The summed E-state index contributed by atoms with van der Waals surface area (Å²) in [4.78, 5) is 11.1. The van der Waals surface area contributed by atoms with Gasteiger partial charge >= 0.3 is 5.76 Å². The number of hydrogen-bond acceptors (Lipinski definition) is 5. The predicted molar refractivity (Wildman–Crippen MR) is 72.2 cm³/mol. The van der Waals surface area contributed by atoms with Crippen molar-refractivity contribution in [2.75, 3.05) is 6.26 Å². The Hall–Kier alpha value is -1.89. The van der Waals surface area contributed by atoms with Gasteiger partial charge in [0.15, 0.2) is 9.84 Å². The highest BCUT2D eigenvalue weighted by molar-refractivity contribution is 7.90. The summed E-state index contributed by atoms with van der Waals surface area (Å²) < 4.78 is 29.0. The van der Waals surface area contributed by atoms with Gasteiger partial charge in [-0.25, -0.2) is 18.3 Å². The molecule has 6 nitrogen and oxygen atoms in total. The minimum Gasteiger partial charge on any atom is -0.392 e. The second kappa shape index (κ2) is 4.59. The normalized spacial score (nSPS) is 22.4. The van der Waals surface area contributed by atoms with Gasteiger partial charge in [-0.2, -0.15) is 0 Å². The van der Waals surface area contributed by atoms with Crippen LogP contribution in [0.1, 0.15) is 34.6 Å². The number of fused-ring (bicyclic) bond motifs is 1. The number of benzene rings is 1. The molecule has 20 heavy (non-hydrogen) atoms. The van der Waals surface area contributed by atoms with Crippen molar-refractivity contribution in [2.45, 2.75) is 24.0 Å². The molecule has 106 valence electrons. The highest BCUT2D eigenvalue weighted by Gasteiger charge is 2.35. The van der Waals surface area contributed by atoms with Gasteiger partial charge in [-0.05, 0) is 24.0 Å². The minimum atomic E-state index is -3.23. The molecule has 1 aromatic carbocycles. The summed E-state index contributed by atoms with van der Waals surface area (Å²) in [6, 6.07) is 7.47. The minimum absolute atomic E-state index is 0.205. The number of sulfone groups is 1. The van der Waals surface area contributed by atoms with Crippen LogP contribution in [0.5, 0.6) is 0 Å². The van der Waals surface area contributed by atoms with Crippen LogP contribution in [0.3, 0.4) is 0 Å². The van der Waals surface area contributed by atoms with Crippen LogP contribution in [0, 0.1) is 0 Å². The molecule has 0 radical (unpaired) electrons. The van der Waals surface area contributed by atoms with E-state index in [0.29, 0.717) is 12.8 Å². The first-order valence-corrected chi connectivity index (χ1v) is 8.22. The summed E-state index contributed by atoms with van der Waals surface area (Å²) in [7, 11) is -3.23. The van der Waals surface area contributed by atoms with Gasteiger partial charge in [0, 0.05) is 12.2 Å². The summed E-state index contributed by atoms with van der Waals surface area (Å²) in [6.45, 7) is 0. The van der Waals surface area contributed by atoms with Crippen molar-refractivity contribution in [1.29, 1.82) is 0 Å². The number of aromatic nitrogens is 2. The van der Waals surface area contributed by atoms with Crippen LogP contribution in [0.2, 0.25) is 0 Å². The maximum atomic E-state index is 12.0. The van der Waals surface area contributed by atoms with E-state index in [1.54, 1.807) is 0 Å². The number of nitrogens with one attached hydrogen (secondary N) is 1. The zero-order valence-corrected chi connectivity index (χ0v) is 11.7. The highest BCUT2D eigenvalue weighted by Crippen LogP contribution is 2.41. The molecule has 0 amide bonds. The second-order valence-electron chi connectivity index (χ2n) is 5.11. The van der Waals surface area contributed by atoms with Gasteiger partial charge in [-0.3, -0.25) is 0 Å². The molecule has 1 aliphatic carbocycles. The Morgan fingerprint density at radius 1 is 1.35 bits per heavy atom. The molecule has 1 heterocycles. The highest BCUT2D eigenvalue weighted by atomic mass is 32.2. The fraction of sp³-hybridized carbons (Fsp3) is 0.385. The molecule has 1 unspecified atom stereocenters. The fourth-order valence-electron chi connectivity index (χ4n) is 2.78. The third kappa shape index (κ3) is 2.29. The molecule has 0 spiro atoms. The molecule has 0 bridgehead atoms. The molecule has 7 heteroatoms. The molecule has 2 atom stereocenters. The molecular formula is C13H14N2O4S. The van der Waals surface area contributed by atoms with Gasteiger partial charge in [0.1, 0.15) is 0 Å². The van der Waals surface area contributed by atoms with E-state index in [1.807, 2.05) is 24.3 Å². The molecular weight excluding hydrogens is 280 g/mol. The molecule has 0 fully saturated rings. The quantitative estimate of drug-likeness (QED) is 0.897. The lowest BCUT2D eigenvalue weighted by Crippen LogP contribution is -2.23. The van der Waals surface area contributed by atoms with E-state index >= 15 is 0 Å². The fourth-order valence-corrected chi connectivity index (χ4v) is 4.05. The van der Waals surface area contributed by atoms with Crippen LogP contribution >= 0.6 is 0 Å². The van der Waals surface area contributed by atoms with Gasteiger partial charge in [0.05, 0.1) is 5.25 Å². The van der Waals surface area contributed by atoms with E-state index in [4.69, 9.17) is 4.42 Å². The molecule has 1 aliphatic rings. The molecule has 1 aromatic heterocycles. The standard InChI is InChI=1S/C13H14N2O4S/c1-20(17,18)11-7-9(12-14-15-13(16)19-12)6-8-4-2-3-5-10(8)11/h2-5,9,11H,6-7H2,1H3,(H,15,16)/t9-,11?/m1/s1. The van der Waals surface area contributed by atoms with Crippen molar-refractivity contribution < 1.29 is 12.8 Å². The van der Waals surface area contributed by atoms with E-state index in [9.17, 15) is 13.2 Å². The monoisotopic (exact) mass is 294 g/mol. The van der Waals surface area contributed by atoms with Crippen LogP contribution in [0.25, 0.3) is 0 Å². The van der Waals surface area contributed by atoms with Crippen LogP contribution < -0.4 is 5.76 Å². The Morgan fingerprint density at radius 3 is 2.75 bits per heavy atom. The molecule has 0 saturated heterocycles. The third-order valence-corrected chi connectivity index (χ3v) is 5.17. The molecule has 0 saturated carbocycles. The first-order chi connectivity index (χ1) is 9.45. The SMILES string of the molecule is CS(=O)(=O)C1C[C@H](c2n[nH]c(=O)o2)Cc2ccccc21. The molecule has 2 aromatic rings. The first-order valence-electron chi connectivity index (χ1n) is 6.27. The van der Waals surface area contributed by atoms with E-state index in [2.05, 4.69) is 10.2 Å².